The number of hydrogen-bond acceptors (Lipinski definition) is 10. The number of rotatable bonds is 54. The minimum atomic E-state index is -5.06. The van der Waals surface area contributed by atoms with Gasteiger partial charge in [-0.2, -0.15) is 0 Å². The van der Waals surface area contributed by atoms with Crippen molar-refractivity contribution in [3.63, 3.8) is 0 Å². The second kappa shape index (κ2) is 48.7. The number of amides is 1. The lowest BCUT2D eigenvalue weighted by molar-refractivity contribution is -0.220. The quantitative estimate of drug-likeness (QED) is 0.0212. The SMILES string of the molecule is CCCCCCCCCCCCCCCCCCCCCCCCCCCCCCCCCCC(=O)N[C@@H](COP(=O)(O)OC1C(O)C(O)C(O)[C@@H](O)C1O)[C@H](O)CCCCCCCCCCCCCCC. The van der Waals surface area contributed by atoms with Crippen LogP contribution in [0.4, 0.5) is 0 Å². The fourth-order valence-electron chi connectivity index (χ4n) is 10.4. The molecule has 0 radical (unpaired) electrons. The molecule has 1 rings (SSSR count). The minimum Gasteiger partial charge on any atom is -0.391 e. The van der Waals surface area contributed by atoms with Gasteiger partial charge in [-0.15, -0.1) is 0 Å². The zero-order valence-corrected chi connectivity index (χ0v) is 47.7. The van der Waals surface area contributed by atoms with Crippen molar-refractivity contribution >= 4 is 13.7 Å². The van der Waals surface area contributed by atoms with E-state index in [-0.39, 0.29) is 12.3 Å². The Bertz CT molecular complexity index is 1220. The highest BCUT2D eigenvalue weighted by molar-refractivity contribution is 7.47. The summed E-state index contributed by atoms with van der Waals surface area (Å²) in [5.74, 6) is -0.300. The topological polar surface area (TPSA) is 206 Å². The molecule has 0 aliphatic heterocycles. The molecule has 1 amide bonds. The Hall–Kier alpha value is -0.660. The average Bonchev–Trinajstić information content (AvgIpc) is 3.37. The molecule has 9 atom stereocenters. The third kappa shape index (κ3) is 38.8. The second-order valence-corrected chi connectivity index (χ2v) is 23.7. The monoisotopic (exact) mass is 1050 g/mol. The van der Waals surface area contributed by atoms with Gasteiger partial charge in [0, 0.05) is 6.42 Å². The number of carbonyl (C=O) groups is 1. The Kier molecular flexibility index (Phi) is 46.9. The molecule has 72 heavy (non-hydrogen) atoms. The molecule has 13 heteroatoms. The maximum atomic E-state index is 13.1. The second-order valence-electron chi connectivity index (χ2n) is 22.3. The van der Waals surface area contributed by atoms with E-state index in [1.165, 1.54) is 238 Å². The Labute approximate surface area is 442 Å². The van der Waals surface area contributed by atoms with Crippen LogP contribution in [-0.4, -0.2) is 96.8 Å². The van der Waals surface area contributed by atoms with Gasteiger partial charge in [0.15, 0.2) is 0 Å². The van der Waals surface area contributed by atoms with E-state index < -0.39 is 63.2 Å². The first-order valence-corrected chi connectivity index (χ1v) is 32.5. The van der Waals surface area contributed by atoms with E-state index in [9.17, 15) is 44.9 Å². The van der Waals surface area contributed by atoms with Gasteiger partial charge < -0.3 is 40.8 Å². The Balaban J connectivity index is 2.17. The van der Waals surface area contributed by atoms with Crippen LogP contribution in [0.3, 0.4) is 0 Å². The van der Waals surface area contributed by atoms with E-state index in [0.29, 0.717) is 19.3 Å². The molecule has 1 fully saturated rings. The zero-order valence-electron chi connectivity index (χ0n) is 46.8. The summed E-state index contributed by atoms with van der Waals surface area (Å²) in [4.78, 5) is 23.6. The van der Waals surface area contributed by atoms with E-state index in [2.05, 4.69) is 19.2 Å². The van der Waals surface area contributed by atoms with Crippen LogP contribution >= 0.6 is 7.82 Å². The summed E-state index contributed by atoms with van der Waals surface area (Å²) in [5.41, 5.74) is 0. The molecule has 0 bridgehead atoms. The van der Waals surface area contributed by atoms with Crippen LogP contribution in [0.25, 0.3) is 0 Å². The number of nitrogens with one attached hydrogen (secondary N) is 1. The lowest BCUT2D eigenvalue weighted by atomic mass is 9.85. The summed E-state index contributed by atoms with van der Waals surface area (Å²) in [6.45, 7) is 3.94. The van der Waals surface area contributed by atoms with Gasteiger partial charge in [-0.3, -0.25) is 13.8 Å². The molecule has 6 unspecified atom stereocenters. The van der Waals surface area contributed by atoms with Crippen LogP contribution in [-0.2, 0) is 18.4 Å². The van der Waals surface area contributed by atoms with E-state index >= 15 is 0 Å². The van der Waals surface area contributed by atoms with Gasteiger partial charge in [0.25, 0.3) is 0 Å². The van der Waals surface area contributed by atoms with Crippen LogP contribution in [0.1, 0.15) is 316 Å². The Morgan fingerprint density at radius 2 is 0.667 bits per heavy atom. The molecule has 430 valence electrons. The number of hydrogen-bond donors (Lipinski definition) is 8. The van der Waals surface area contributed by atoms with Crippen LogP contribution in [0.5, 0.6) is 0 Å². The molecule has 0 aromatic rings. The summed E-state index contributed by atoms with van der Waals surface area (Å²) in [5, 5.41) is 64.4. The van der Waals surface area contributed by atoms with Crippen molar-refractivity contribution in [2.75, 3.05) is 6.61 Å². The maximum absolute atomic E-state index is 13.1. The molecule has 0 spiro atoms. The van der Waals surface area contributed by atoms with Crippen LogP contribution in [0.15, 0.2) is 0 Å². The number of unbranched alkanes of at least 4 members (excludes halogenated alkanes) is 43. The van der Waals surface area contributed by atoms with Crippen LogP contribution < -0.4 is 5.32 Å². The van der Waals surface area contributed by atoms with Crippen LogP contribution in [0, 0.1) is 0 Å². The molecule has 0 aromatic heterocycles. The van der Waals surface area contributed by atoms with Gasteiger partial charge in [0.05, 0.1) is 18.8 Å². The highest BCUT2D eigenvalue weighted by Gasteiger charge is 2.51. The van der Waals surface area contributed by atoms with Crippen molar-refractivity contribution in [2.45, 2.75) is 364 Å². The molecule has 1 saturated carbocycles. The van der Waals surface area contributed by atoms with Gasteiger partial charge in [-0.05, 0) is 12.8 Å². The van der Waals surface area contributed by atoms with E-state index in [1.54, 1.807) is 0 Å². The number of aliphatic hydroxyl groups is 6. The first kappa shape index (κ1) is 69.4. The van der Waals surface area contributed by atoms with Crippen molar-refractivity contribution in [3.05, 3.63) is 0 Å². The molecule has 0 saturated heterocycles. The molecule has 0 heterocycles. The smallest absolute Gasteiger partial charge is 0.391 e. The van der Waals surface area contributed by atoms with E-state index in [0.717, 1.165) is 38.5 Å². The summed E-state index contributed by atoms with van der Waals surface area (Å²) < 4.78 is 23.1. The maximum Gasteiger partial charge on any atom is 0.472 e. The van der Waals surface area contributed by atoms with Gasteiger partial charge >= 0.3 is 7.82 Å². The van der Waals surface area contributed by atoms with Crippen molar-refractivity contribution < 1.29 is 53.9 Å². The highest BCUT2D eigenvalue weighted by Crippen LogP contribution is 2.47. The zero-order chi connectivity index (χ0) is 52.8. The van der Waals surface area contributed by atoms with Crippen molar-refractivity contribution in [3.8, 4) is 0 Å². The van der Waals surface area contributed by atoms with Gasteiger partial charge in [-0.1, -0.05) is 296 Å². The molecular formula is C59H118NO11P. The summed E-state index contributed by atoms with van der Waals surface area (Å²) in [6.07, 6.45) is 46.0. The largest absolute Gasteiger partial charge is 0.472 e. The molecule has 8 N–H and O–H groups in total. The van der Waals surface area contributed by atoms with Gasteiger partial charge in [0.1, 0.15) is 36.6 Å². The third-order valence-electron chi connectivity index (χ3n) is 15.4. The first-order valence-electron chi connectivity index (χ1n) is 31.0. The predicted octanol–water partition coefficient (Wildman–Crippen LogP) is 14.5. The van der Waals surface area contributed by atoms with Crippen molar-refractivity contribution in [1.82, 2.24) is 5.32 Å². The van der Waals surface area contributed by atoms with Crippen LogP contribution in [0.2, 0.25) is 0 Å². The number of aliphatic hydroxyl groups excluding tert-OH is 6. The average molecular weight is 1050 g/mol. The molecule has 12 nitrogen and oxygen atoms in total. The summed E-state index contributed by atoms with van der Waals surface area (Å²) >= 11 is 0. The number of carbonyl (C=O) groups excluding carboxylic acids is 1. The van der Waals surface area contributed by atoms with E-state index in [1.807, 2.05) is 0 Å². The molecule has 0 aromatic carbocycles. The minimum absolute atomic E-state index is 0.243. The molecule has 1 aliphatic rings. The standard InChI is InChI=1S/C59H118NO11P/c1-3-5-7-9-11-13-15-17-18-19-20-21-22-23-24-25-26-27-28-29-30-31-32-33-34-35-37-39-41-43-45-47-49-53(62)60-51(52(61)48-46-44-42-40-38-36-16-14-12-10-8-6-4-2)50-70-72(68,69)71-59-57(66)55(64)54(63)56(65)58(59)67/h51-52,54-59,61,63-67H,3-50H2,1-2H3,(H,60,62)(H,68,69)/t51-,52+,54?,55+,56?,57?,58?,59?/m0/s1. The fraction of sp³-hybridized carbons (Fsp3) is 0.983. The molecular weight excluding hydrogens is 930 g/mol. The van der Waals surface area contributed by atoms with Gasteiger partial charge in [0.2, 0.25) is 5.91 Å². The normalized spacial score (nSPS) is 21.0. The number of phosphoric acid groups is 1. The predicted molar refractivity (Wildman–Crippen MR) is 297 cm³/mol. The van der Waals surface area contributed by atoms with Crippen molar-refractivity contribution in [1.29, 1.82) is 0 Å². The molecule has 1 aliphatic carbocycles. The lowest BCUT2D eigenvalue weighted by Gasteiger charge is -2.41. The Morgan fingerprint density at radius 1 is 0.417 bits per heavy atom. The fourth-order valence-corrected chi connectivity index (χ4v) is 11.4. The highest BCUT2D eigenvalue weighted by atomic mass is 31.2. The first-order chi connectivity index (χ1) is 34.9. The third-order valence-corrected chi connectivity index (χ3v) is 16.4. The lowest BCUT2D eigenvalue weighted by Crippen LogP contribution is -2.64. The summed E-state index contributed by atoms with van der Waals surface area (Å²) in [7, 11) is -5.06. The Morgan fingerprint density at radius 3 is 0.958 bits per heavy atom. The van der Waals surface area contributed by atoms with Crippen molar-refractivity contribution in [2.24, 2.45) is 0 Å². The number of phosphoric ester groups is 1. The van der Waals surface area contributed by atoms with E-state index in [4.69, 9.17) is 9.05 Å². The van der Waals surface area contributed by atoms with Gasteiger partial charge in [-0.25, -0.2) is 4.57 Å². The summed E-state index contributed by atoms with van der Waals surface area (Å²) in [6, 6.07) is -1.03.